The van der Waals surface area contributed by atoms with Gasteiger partial charge in [-0.15, -0.1) is 10.2 Å². The van der Waals surface area contributed by atoms with Crippen molar-refractivity contribution >= 4 is 26.0 Å². The third-order valence-corrected chi connectivity index (χ3v) is 4.66. The highest BCUT2D eigenvalue weighted by Gasteiger charge is 2.18. The molecular formula is C9H10BrN5O3S. The van der Waals surface area contributed by atoms with Gasteiger partial charge in [0, 0.05) is 4.47 Å². The van der Waals surface area contributed by atoms with E-state index < -0.39 is 10.0 Å². The van der Waals surface area contributed by atoms with Crippen molar-refractivity contribution in [3.63, 3.8) is 0 Å². The molecule has 0 aliphatic carbocycles. The van der Waals surface area contributed by atoms with Gasteiger partial charge in [0.2, 0.25) is 10.0 Å². The zero-order valence-corrected chi connectivity index (χ0v) is 11.9. The predicted octanol–water partition coefficient (Wildman–Crippen LogP) is -0.0670. The number of hydrogen-bond acceptors (Lipinski definition) is 6. The molecule has 0 aliphatic heterocycles. The van der Waals surface area contributed by atoms with Gasteiger partial charge in [0.25, 0.3) is 0 Å². The average Bonchev–Trinajstić information content (AvgIpc) is 2.89. The van der Waals surface area contributed by atoms with Crippen molar-refractivity contribution in [3.8, 4) is 0 Å². The van der Waals surface area contributed by atoms with E-state index in [-0.39, 0.29) is 23.9 Å². The van der Waals surface area contributed by atoms with E-state index in [0.29, 0.717) is 10.0 Å². The Kier molecular flexibility index (Phi) is 4.24. The number of aromatic amines is 1. The summed E-state index contributed by atoms with van der Waals surface area (Å²) in [7, 11) is -3.69. The number of nitrogens with one attached hydrogen (secondary N) is 2. The van der Waals surface area contributed by atoms with Crippen LogP contribution in [0.4, 0.5) is 0 Å². The molecule has 102 valence electrons. The second-order valence-electron chi connectivity index (χ2n) is 3.58. The van der Waals surface area contributed by atoms with Crippen LogP contribution in [0.3, 0.4) is 0 Å². The van der Waals surface area contributed by atoms with E-state index in [0.717, 1.165) is 0 Å². The van der Waals surface area contributed by atoms with E-state index in [1.54, 1.807) is 6.07 Å². The van der Waals surface area contributed by atoms with Gasteiger partial charge in [0.15, 0.2) is 5.82 Å². The first-order chi connectivity index (χ1) is 9.03. The number of tetrazole rings is 1. The quantitative estimate of drug-likeness (QED) is 0.696. The maximum atomic E-state index is 12.1. The number of aliphatic hydroxyl groups excluding tert-OH is 1. The number of sulfonamides is 1. The van der Waals surface area contributed by atoms with Crippen molar-refractivity contribution in [3.05, 3.63) is 34.1 Å². The molecule has 3 N–H and O–H groups in total. The largest absolute Gasteiger partial charge is 0.392 e. The van der Waals surface area contributed by atoms with Gasteiger partial charge in [0.05, 0.1) is 18.0 Å². The Hall–Kier alpha value is -1.36. The van der Waals surface area contributed by atoms with Crippen molar-refractivity contribution in [1.29, 1.82) is 0 Å². The van der Waals surface area contributed by atoms with Crippen LogP contribution in [0.5, 0.6) is 0 Å². The number of aliphatic hydroxyl groups is 1. The first-order valence-electron chi connectivity index (χ1n) is 5.14. The molecule has 0 fully saturated rings. The molecule has 2 aromatic rings. The van der Waals surface area contributed by atoms with Crippen LogP contribution in [0.2, 0.25) is 0 Å². The van der Waals surface area contributed by atoms with E-state index in [1.165, 1.54) is 12.1 Å². The molecule has 0 unspecified atom stereocenters. The van der Waals surface area contributed by atoms with Crippen molar-refractivity contribution in [2.45, 2.75) is 18.0 Å². The number of nitrogens with zero attached hydrogens (tertiary/aromatic N) is 3. The van der Waals surface area contributed by atoms with Crippen molar-refractivity contribution in [2.75, 3.05) is 0 Å². The fourth-order valence-corrected chi connectivity index (χ4v) is 3.46. The van der Waals surface area contributed by atoms with Crippen LogP contribution in [0.1, 0.15) is 11.4 Å². The topological polar surface area (TPSA) is 121 Å². The van der Waals surface area contributed by atoms with E-state index in [9.17, 15) is 8.42 Å². The monoisotopic (exact) mass is 347 g/mol. The number of rotatable bonds is 5. The molecule has 0 saturated carbocycles. The zero-order valence-electron chi connectivity index (χ0n) is 9.54. The minimum Gasteiger partial charge on any atom is -0.392 e. The van der Waals surface area contributed by atoms with Crippen LogP contribution in [0.25, 0.3) is 0 Å². The highest BCUT2D eigenvalue weighted by atomic mass is 79.9. The van der Waals surface area contributed by atoms with Crippen LogP contribution >= 0.6 is 15.9 Å². The molecule has 10 heteroatoms. The van der Waals surface area contributed by atoms with Crippen molar-refractivity contribution in [2.24, 2.45) is 0 Å². The minimum atomic E-state index is -3.69. The van der Waals surface area contributed by atoms with E-state index in [1.807, 2.05) is 0 Å². The van der Waals surface area contributed by atoms with Gasteiger partial charge in [-0.25, -0.2) is 13.1 Å². The fraction of sp³-hybridized carbons (Fsp3) is 0.222. The Balaban J connectivity index is 2.19. The van der Waals surface area contributed by atoms with Gasteiger partial charge in [-0.2, -0.15) is 5.21 Å². The van der Waals surface area contributed by atoms with E-state index in [4.69, 9.17) is 5.11 Å². The molecule has 0 atom stereocenters. The smallest absolute Gasteiger partial charge is 0.242 e. The number of benzene rings is 1. The maximum absolute atomic E-state index is 12.1. The average molecular weight is 348 g/mol. The molecule has 0 spiro atoms. The highest BCUT2D eigenvalue weighted by Crippen LogP contribution is 2.23. The molecule has 19 heavy (non-hydrogen) atoms. The van der Waals surface area contributed by atoms with Crippen LogP contribution in [0, 0.1) is 0 Å². The lowest BCUT2D eigenvalue weighted by atomic mass is 10.2. The van der Waals surface area contributed by atoms with Crippen LogP contribution in [-0.2, 0) is 23.2 Å². The highest BCUT2D eigenvalue weighted by molar-refractivity contribution is 9.10. The SMILES string of the molecule is O=S(=O)(NCc1nn[nH]n1)c1ccc(CO)cc1Br. The molecule has 1 aromatic carbocycles. The van der Waals surface area contributed by atoms with E-state index >= 15 is 0 Å². The van der Waals surface area contributed by atoms with Crippen LogP contribution in [-0.4, -0.2) is 34.1 Å². The summed E-state index contributed by atoms with van der Waals surface area (Å²) >= 11 is 3.16. The molecule has 0 bridgehead atoms. The standard InChI is InChI=1S/C9H10BrN5O3S/c10-7-3-6(5-16)1-2-8(7)19(17,18)11-4-9-12-14-15-13-9/h1-3,11,16H,4-5H2,(H,12,13,14,15). The summed E-state index contributed by atoms with van der Waals surface area (Å²) in [5.41, 5.74) is 0.615. The van der Waals surface area contributed by atoms with Gasteiger partial charge in [-0.05, 0) is 33.6 Å². The van der Waals surface area contributed by atoms with E-state index in [2.05, 4.69) is 41.3 Å². The number of halogens is 1. The van der Waals surface area contributed by atoms with Crippen molar-refractivity contribution in [1.82, 2.24) is 25.3 Å². The van der Waals surface area contributed by atoms with Crippen LogP contribution < -0.4 is 4.72 Å². The third kappa shape index (κ3) is 3.35. The summed E-state index contributed by atoms with van der Waals surface area (Å²) in [5, 5.41) is 21.8. The molecule has 0 aliphatic rings. The zero-order chi connectivity index (χ0) is 13.9. The minimum absolute atomic E-state index is 0.0625. The van der Waals surface area contributed by atoms with Gasteiger partial charge >= 0.3 is 0 Å². The Morgan fingerprint density at radius 3 is 2.79 bits per heavy atom. The Bertz CT molecular complexity index is 658. The molecule has 0 amide bonds. The predicted molar refractivity (Wildman–Crippen MR) is 68.3 cm³/mol. The Morgan fingerprint density at radius 2 is 2.21 bits per heavy atom. The maximum Gasteiger partial charge on any atom is 0.242 e. The second kappa shape index (κ2) is 5.74. The number of aromatic nitrogens is 4. The van der Waals surface area contributed by atoms with Crippen molar-refractivity contribution < 1.29 is 13.5 Å². The summed E-state index contributed by atoms with van der Waals surface area (Å²) in [4.78, 5) is 0.0770. The number of H-pyrrole nitrogens is 1. The Labute approximate surface area is 117 Å². The molecule has 0 radical (unpaired) electrons. The molecule has 2 rings (SSSR count). The fourth-order valence-electron chi connectivity index (χ4n) is 1.36. The lowest BCUT2D eigenvalue weighted by Crippen LogP contribution is -2.24. The normalized spacial score (nSPS) is 11.7. The summed E-state index contributed by atoms with van der Waals surface area (Å²) in [6.45, 7) is -0.220. The van der Waals surface area contributed by atoms with Crippen LogP contribution in [0.15, 0.2) is 27.6 Å². The summed E-state index contributed by atoms with van der Waals surface area (Å²) in [6.07, 6.45) is 0. The summed E-state index contributed by atoms with van der Waals surface area (Å²) < 4.78 is 26.8. The lowest BCUT2D eigenvalue weighted by molar-refractivity contribution is 0.281. The number of hydrogen-bond donors (Lipinski definition) is 3. The first kappa shape index (κ1) is 14.1. The molecule has 1 aromatic heterocycles. The second-order valence-corrected chi connectivity index (χ2v) is 6.17. The van der Waals surface area contributed by atoms with Gasteiger partial charge in [-0.1, -0.05) is 11.3 Å². The summed E-state index contributed by atoms with van der Waals surface area (Å²) in [6, 6.07) is 4.49. The molecule has 0 saturated heterocycles. The Morgan fingerprint density at radius 1 is 1.42 bits per heavy atom. The molecule has 8 nitrogen and oxygen atoms in total. The molecule has 1 heterocycles. The molecular weight excluding hydrogens is 338 g/mol. The summed E-state index contributed by atoms with van der Waals surface area (Å²) in [5.74, 6) is 0.242. The van der Waals surface area contributed by atoms with Gasteiger partial charge < -0.3 is 5.11 Å². The lowest BCUT2D eigenvalue weighted by Gasteiger charge is -2.08. The third-order valence-electron chi connectivity index (χ3n) is 2.28. The van der Waals surface area contributed by atoms with Gasteiger partial charge in [-0.3, -0.25) is 0 Å². The van der Waals surface area contributed by atoms with Gasteiger partial charge in [0.1, 0.15) is 0 Å². The first-order valence-corrected chi connectivity index (χ1v) is 7.42.